The van der Waals surface area contributed by atoms with E-state index in [9.17, 15) is 19.8 Å². The number of hydrogen-bond acceptors (Lipinski definition) is 6. The first-order chi connectivity index (χ1) is 20.9. The summed E-state index contributed by atoms with van der Waals surface area (Å²) in [5.74, 6) is 8.74. The van der Waals surface area contributed by atoms with Crippen molar-refractivity contribution in [2.75, 3.05) is 0 Å². The number of carbonyl (C=O) groups is 2. The smallest absolute Gasteiger partial charge is 0.309 e. The summed E-state index contributed by atoms with van der Waals surface area (Å²) in [7, 11) is 0. The van der Waals surface area contributed by atoms with E-state index < -0.39 is 0 Å². The fourth-order valence-electron chi connectivity index (χ4n) is 14.9. The van der Waals surface area contributed by atoms with Crippen molar-refractivity contribution in [2.45, 2.75) is 140 Å². The van der Waals surface area contributed by atoms with Gasteiger partial charge in [-0.3, -0.25) is 9.59 Å². The van der Waals surface area contributed by atoms with E-state index in [4.69, 9.17) is 9.47 Å². The summed E-state index contributed by atoms with van der Waals surface area (Å²) in [6.45, 7) is 8.10. The molecule has 0 aromatic heterocycles. The molecular formula is C38H56O6. The zero-order chi connectivity index (χ0) is 30.6. The van der Waals surface area contributed by atoms with Gasteiger partial charge < -0.3 is 19.7 Å². The molecule has 0 aliphatic heterocycles. The van der Waals surface area contributed by atoms with Gasteiger partial charge in [0.1, 0.15) is 11.2 Å². The quantitative estimate of drug-likeness (QED) is 0.344. The van der Waals surface area contributed by atoms with Crippen molar-refractivity contribution in [3.05, 3.63) is 0 Å². The molecule has 0 heterocycles. The average molecular weight is 609 g/mol. The van der Waals surface area contributed by atoms with Gasteiger partial charge in [-0.1, -0.05) is 27.7 Å². The van der Waals surface area contributed by atoms with E-state index in [-0.39, 0.29) is 46.2 Å². The van der Waals surface area contributed by atoms with Crippen molar-refractivity contribution >= 4 is 11.9 Å². The maximum Gasteiger partial charge on any atom is 0.309 e. The maximum atomic E-state index is 12.4. The molecule has 244 valence electrons. The summed E-state index contributed by atoms with van der Waals surface area (Å²) >= 11 is 0. The summed E-state index contributed by atoms with van der Waals surface area (Å²) in [5, 5.41) is 21.6. The van der Waals surface area contributed by atoms with Gasteiger partial charge in [0, 0.05) is 0 Å². The third kappa shape index (κ3) is 3.91. The number of ether oxygens (including phenoxy) is 2. The van der Waals surface area contributed by atoms with Crippen LogP contribution in [0.2, 0.25) is 0 Å². The molecular weight excluding hydrogens is 552 g/mol. The normalized spacial score (nSPS) is 58.1. The van der Waals surface area contributed by atoms with Gasteiger partial charge in [0.05, 0.1) is 23.0 Å². The highest BCUT2D eigenvalue weighted by Gasteiger charge is 2.72. The summed E-state index contributed by atoms with van der Waals surface area (Å²) < 4.78 is 12.3. The summed E-state index contributed by atoms with van der Waals surface area (Å²) in [6.07, 6.45) is 14.4. The highest BCUT2D eigenvalue weighted by molar-refractivity contribution is 5.73. The van der Waals surface area contributed by atoms with Crippen LogP contribution >= 0.6 is 0 Å². The van der Waals surface area contributed by atoms with Gasteiger partial charge in [0.2, 0.25) is 0 Å². The largest absolute Gasteiger partial charge is 0.459 e. The van der Waals surface area contributed by atoms with Crippen LogP contribution in [0.3, 0.4) is 0 Å². The molecule has 0 amide bonds. The van der Waals surface area contributed by atoms with E-state index in [1.54, 1.807) is 0 Å². The zero-order valence-electron chi connectivity index (χ0n) is 27.5. The Morgan fingerprint density at radius 1 is 0.500 bits per heavy atom. The number of carbonyl (C=O) groups excluding carboxylic acids is 2. The zero-order valence-corrected chi connectivity index (χ0v) is 27.5. The van der Waals surface area contributed by atoms with Gasteiger partial charge in [-0.15, -0.1) is 0 Å². The van der Waals surface area contributed by atoms with E-state index in [1.807, 2.05) is 13.8 Å². The Kier molecular flexibility index (Phi) is 6.11. The molecule has 0 radical (unpaired) electrons. The van der Waals surface area contributed by atoms with Gasteiger partial charge in [-0.25, -0.2) is 0 Å². The lowest BCUT2D eigenvalue weighted by Gasteiger charge is -2.73. The van der Waals surface area contributed by atoms with E-state index in [0.717, 1.165) is 161 Å². The van der Waals surface area contributed by atoms with Crippen molar-refractivity contribution in [3.8, 4) is 0 Å². The molecule has 0 spiro atoms. The lowest BCUT2D eigenvalue weighted by atomic mass is 9.34. The number of aliphatic hydroxyl groups is 2. The van der Waals surface area contributed by atoms with E-state index in [1.165, 1.54) is 0 Å². The van der Waals surface area contributed by atoms with Crippen LogP contribution in [0.15, 0.2) is 0 Å². The summed E-state index contributed by atoms with van der Waals surface area (Å²) in [5.41, 5.74) is -0.962. The van der Waals surface area contributed by atoms with E-state index in [2.05, 4.69) is 13.8 Å². The van der Waals surface area contributed by atoms with Crippen LogP contribution in [0.4, 0.5) is 0 Å². The third-order valence-corrected chi connectivity index (χ3v) is 16.6. The predicted molar refractivity (Wildman–Crippen MR) is 164 cm³/mol. The molecule has 0 aromatic rings. The number of esters is 2. The van der Waals surface area contributed by atoms with Crippen LogP contribution in [-0.2, 0) is 19.1 Å². The molecule has 14 aliphatic rings. The van der Waals surface area contributed by atoms with Crippen LogP contribution in [0.1, 0.15) is 118 Å². The van der Waals surface area contributed by atoms with Gasteiger partial charge in [-0.2, -0.15) is 0 Å². The molecule has 16 bridgehead atoms. The highest BCUT2D eigenvalue weighted by atomic mass is 16.6. The Morgan fingerprint density at radius 3 is 0.909 bits per heavy atom. The molecule has 14 fully saturated rings. The lowest BCUT2D eigenvalue weighted by molar-refractivity contribution is -0.294. The molecule has 44 heavy (non-hydrogen) atoms. The Hall–Kier alpha value is -1.14. The molecule has 2 N–H and O–H groups in total. The second kappa shape index (κ2) is 9.26. The molecule has 6 nitrogen and oxygen atoms in total. The molecule has 2 unspecified atom stereocenters. The van der Waals surface area contributed by atoms with E-state index >= 15 is 0 Å². The van der Waals surface area contributed by atoms with Crippen LogP contribution in [-0.4, -0.2) is 44.6 Å². The van der Waals surface area contributed by atoms with Crippen molar-refractivity contribution in [2.24, 2.45) is 82.9 Å². The van der Waals surface area contributed by atoms with Crippen LogP contribution in [0, 0.1) is 82.9 Å². The monoisotopic (exact) mass is 608 g/mol. The molecule has 0 aromatic carbocycles. The first kappa shape index (κ1) is 29.0. The molecule has 0 saturated heterocycles. The summed E-state index contributed by atoms with van der Waals surface area (Å²) in [4.78, 5) is 24.8. The van der Waals surface area contributed by atoms with Gasteiger partial charge in [-0.05, 0) is 161 Å². The average Bonchev–Trinajstić information content (AvgIpc) is 2.99. The Balaban J connectivity index is 0.000000123. The Morgan fingerprint density at radius 2 is 0.705 bits per heavy atom. The SMILES string of the molecule is CCC(C)C(=O)OC12CC3C4CC5(O)CC3C(C1)C(C5)C4C2.CCC(C)C(=O)OC12CC3C4CC5(O)CC3C(C1)C(C5)C4C2. The van der Waals surface area contributed by atoms with Crippen molar-refractivity contribution in [3.63, 3.8) is 0 Å². The van der Waals surface area contributed by atoms with Crippen molar-refractivity contribution in [1.82, 2.24) is 0 Å². The number of rotatable bonds is 6. The minimum absolute atomic E-state index is 0.0275. The van der Waals surface area contributed by atoms with Gasteiger partial charge >= 0.3 is 11.9 Å². The number of hydrogen-bond donors (Lipinski definition) is 2. The molecule has 14 rings (SSSR count). The minimum atomic E-state index is -0.339. The first-order valence-corrected chi connectivity index (χ1v) is 18.8. The first-order valence-electron chi connectivity index (χ1n) is 18.8. The van der Waals surface area contributed by atoms with Gasteiger partial charge in [0.15, 0.2) is 0 Å². The molecule has 14 aliphatic carbocycles. The molecule has 14 saturated carbocycles. The molecule has 2 atom stereocenters. The second-order valence-electron chi connectivity index (χ2n) is 18.7. The maximum absolute atomic E-state index is 12.4. The van der Waals surface area contributed by atoms with Crippen molar-refractivity contribution < 1.29 is 29.3 Å². The lowest BCUT2D eigenvalue weighted by Crippen LogP contribution is -2.71. The highest BCUT2D eigenvalue weighted by Crippen LogP contribution is 2.75. The fraction of sp³-hybridized carbons (Fsp3) is 0.947. The standard InChI is InChI=1S/2C19H28O3/c2*1-3-10(2)17(20)22-19-7-14-11-4-18(21)5-12(14)16(9-19)13(6-18)15(11)8-19/h2*10-16,21H,3-9H2,1-2H3. The van der Waals surface area contributed by atoms with Crippen LogP contribution < -0.4 is 0 Å². The van der Waals surface area contributed by atoms with E-state index in [0.29, 0.717) is 0 Å². The second-order valence-corrected chi connectivity index (χ2v) is 18.7. The third-order valence-electron chi connectivity index (χ3n) is 16.6. The summed E-state index contributed by atoms with van der Waals surface area (Å²) in [6, 6.07) is 0. The van der Waals surface area contributed by atoms with Crippen LogP contribution in [0.5, 0.6) is 0 Å². The van der Waals surface area contributed by atoms with Crippen molar-refractivity contribution in [1.29, 1.82) is 0 Å². The minimum Gasteiger partial charge on any atom is -0.459 e. The van der Waals surface area contributed by atoms with Gasteiger partial charge in [0.25, 0.3) is 0 Å². The molecule has 6 heteroatoms. The Bertz CT molecular complexity index is 1020. The predicted octanol–water partition coefficient (Wildman–Crippen LogP) is 6.30. The van der Waals surface area contributed by atoms with Crippen LogP contribution in [0.25, 0.3) is 0 Å². The Labute approximate surface area is 263 Å². The topological polar surface area (TPSA) is 93.1 Å². The fourth-order valence-corrected chi connectivity index (χ4v) is 14.9.